The summed E-state index contributed by atoms with van der Waals surface area (Å²) in [6.07, 6.45) is -1.17. The molecule has 4 N–H and O–H groups in total. The van der Waals surface area contributed by atoms with E-state index < -0.39 is 21.2 Å². The molecule has 0 fully saturated rings. The van der Waals surface area contributed by atoms with Gasteiger partial charge in [0.2, 0.25) is 0 Å². The van der Waals surface area contributed by atoms with Crippen LogP contribution in [0.5, 0.6) is 0 Å². The van der Waals surface area contributed by atoms with Gasteiger partial charge in [-0.15, -0.1) is 0 Å². The lowest BCUT2D eigenvalue weighted by molar-refractivity contribution is -0.384. The van der Waals surface area contributed by atoms with E-state index in [4.69, 9.17) is 5.73 Å². The van der Waals surface area contributed by atoms with Gasteiger partial charge in [0.05, 0.1) is 4.92 Å². The number of nitro groups is 1. The third-order valence-electron chi connectivity index (χ3n) is 2.17. The minimum Gasteiger partial charge on any atom is -0.444 e. The number of carbonyl (C=O) groups is 1. The number of ether oxygens (including phenoxy) is 1. The molecule has 0 saturated heterocycles. The number of nitro benzene ring substituents is 1. The lowest BCUT2D eigenvalue weighted by atomic mass is 10.2. The van der Waals surface area contributed by atoms with Gasteiger partial charge in [0.1, 0.15) is 6.61 Å². The normalized spacial score (nSPS) is 10.9. The fourth-order valence-electron chi connectivity index (χ4n) is 1.23. The molecule has 10 nitrogen and oxygen atoms in total. The van der Waals surface area contributed by atoms with E-state index in [0.717, 1.165) is 0 Å². The van der Waals surface area contributed by atoms with E-state index in [9.17, 15) is 23.3 Å². The van der Waals surface area contributed by atoms with Gasteiger partial charge in [0.25, 0.3) is 5.69 Å². The maximum Gasteiger partial charge on any atom is 0.422 e. The van der Waals surface area contributed by atoms with Crippen LogP contribution in [0, 0.1) is 10.1 Å². The summed E-state index contributed by atoms with van der Waals surface area (Å²) in [6.45, 7) is -0.167. The standard InChI is InChI=1S/C10H14N4O6S/c11-5-6-12-21(18,19)13-10(15)20-7-8-1-3-9(4-2-8)14(16)17/h1-4,12H,5-7,11H2,(H,13,15). The Hall–Kier alpha value is -2.24. The molecule has 0 atom stereocenters. The number of hydrogen-bond acceptors (Lipinski definition) is 7. The van der Waals surface area contributed by atoms with E-state index in [1.165, 1.54) is 24.3 Å². The first kappa shape index (κ1) is 16.8. The summed E-state index contributed by atoms with van der Waals surface area (Å²) in [6, 6.07) is 5.28. The summed E-state index contributed by atoms with van der Waals surface area (Å²) in [7, 11) is -4.01. The van der Waals surface area contributed by atoms with E-state index in [1.54, 1.807) is 4.72 Å². The van der Waals surface area contributed by atoms with Crippen LogP contribution < -0.4 is 15.2 Å². The Morgan fingerprint density at radius 1 is 1.33 bits per heavy atom. The number of nitrogens with zero attached hydrogens (tertiary/aromatic N) is 1. The second-order valence-corrected chi connectivity index (χ2v) is 5.29. The van der Waals surface area contributed by atoms with Gasteiger partial charge in [0.15, 0.2) is 0 Å². The van der Waals surface area contributed by atoms with Crippen LogP contribution in [0.15, 0.2) is 24.3 Å². The highest BCUT2D eigenvalue weighted by Crippen LogP contribution is 2.12. The van der Waals surface area contributed by atoms with Crippen LogP contribution in [0.4, 0.5) is 10.5 Å². The first-order valence-electron chi connectivity index (χ1n) is 5.71. The molecule has 21 heavy (non-hydrogen) atoms. The average molecular weight is 318 g/mol. The number of carbonyl (C=O) groups excluding carboxylic acids is 1. The van der Waals surface area contributed by atoms with Gasteiger partial charge < -0.3 is 10.5 Å². The smallest absolute Gasteiger partial charge is 0.422 e. The molecule has 0 heterocycles. The molecule has 0 saturated carbocycles. The third-order valence-corrected chi connectivity index (χ3v) is 3.19. The molecule has 0 aliphatic carbocycles. The second kappa shape index (κ2) is 7.52. The van der Waals surface area contributed by atoms with Gasteiger partial charge in [-0.1, -0.05) is 0 Å². The van der Waals surface area contributed by atoms with Crippen LogP contribution in [0.2, 0.25) is 0 Å². The Bertz CT molecular complexity index is 600. The van der Waals surface area contributed by atoms with Crippen molar-refractivity contribution in [3.05, 3.63) is 39.9 Å². The minimum absolute atomic E-state index is 0.0229. The molecule has 116 valence electrons. The Morgan fingerprint density at radius 3 is 2.48 bits per heavy atom. The molecule has 0 aromatic heterocycles. The molecule has 1 aromatic carbocycles. The van der Waals surface area contributed by atoms with Crippen molar-refractivity contribution in [3.8, 4) is 0 Å². The zero-order valence-electron chi connectivity index (χ0n) is 10.8. The molecule has 0 aliphatic rings. The van der Waals surface area contributed by atoms with Crippen LogP contribution >= 0.6 is 0 Å². The molecule has 1 rings (SSSR count). The largest absolute Gasteiger partial charge is 0.444 e. The molecular weight excluding hydrogens is 304 g/mol. The van der Waals surface area contributed by atoms with Crippen molar-refractivity contribution in [1.82, 2.24) is 9.44 Å². The minimum atomic E-state index is -4.01. The molecule has 1 aromatic rings. The number of hydrogen-bond donors (Lipinski definition) is 3. The van der Waals surface area contributed by atoms with Crippen LogP contribution in [0.1, 0.15) is 5.56 Å². The Kier molecular flexibility index (Phi) is 6.02. The monoisotopic (exact) mass is 318 g/mol. The predicted octanol–water partition coefficient (Wildman–Crippen LogP) is -0.386. The lowest BCUT2D eigenvalue weighted by Crippen LogP contribution is -2.42. The average Bonchev–Trinajstić information content (AvgIpc) is 2.43. The van der Waals surface area contributed by atoms with Crippen molar-refractivity contribution in [1.29, 1.82) is 0 Å². The molecule has 0 radical (unpaired) electrons. The van der Waals surface area contributed by atoms with Crippen LogP contribution in [-0.2, 0) is 21.6 Å². The van der Waals surface area contributed by atoms with Gasteiger partial charge in [-0.05, 0) is 17.7 Å². The third kappa shape index (κ3) is 6.16. The molecule has 0 unspecified atom stereocenters. The SMILES string of the molecule is NCCNS(=O)(=O)NC(=O)OCc1ccc([N+](=O)[O-])cc1. The fraction of sp³-hybridized carbons (Fsp3) is 0.300. The van der Waals surface area contributed by atoms with Gasteiger partial charge in [-0.3, -0.25) is 10.1 Å². The van der Waals surface area contributed by atoms with Gasteiger partial charge in [-0.25, -0.2) is 9.52 Å². The summed E-state index contributed by atoms with van der Waals surface area (Å²) < 4.78 is 30.9. The summed E-state index contributed by atoms with van der Waals surface area (Å²) in [5, 5.41) is 10.4. The fourth-order valence-corrected chi connectivity index (χ4v) is 1.97. The molecule has 0 aliphatic heterocycles. The van der Waals surface area contributed by atoms with Gasteiger partial charge in [0, 0.05) is 25.2 Å². The maximum absolute atomic E-state index is 11.3. The summed E-state index contributed by atoms with van der Waals surface area (Å²) in [5.74, 6) is 0. The van der Waals surface area contributed by atoms with Crippen molar-refractivity contribution >= 4 is 22.0 Å². The van der Waals surface area contributed by atoms with Crippen LogP contribution in [0.3, 0.4) is 0 Å². The number of nitrogens with one attached hydrogen (secondary N) is 2. The van der Waals surface area contributed by atoms with Gasteiger partial charge >= 0.3 is 16.3 Å². The van der Waals surface area contributed by atoms with Crippen molar-refractivity contribution in [2.24, 2.45) is 5.73 Å². The van der Waals surface area contributed by atoms with Crippen molar-refractivity contribution in [2.75, 3.05) is 13.1 Å². The summed E-state index contributed by atoms with van der Waals surface area (Å²) in [5.41, 5.74) is 5.49. The number of rotatable bonds is 7. The van der Waals surface area contributed by atoms with E-state index >= 15 is 0 Å². The second-order valence-electron chi connectivity index (χ2n) is 3.79. The van der Waals surface area contributed by atoms with Gasteiger partial charge in [-0.2, -0.15) is 13.1 Å². The highest BCUT2D eigenvalue weighted by molar-refractivity contribution is 7.88. The first-order valence-corrected chi connectivity index (χ1v) is 7.20. The van der Waals surface area contributed by atoms with Crippen LogP contribution in [0.25, 0.3) is 0 Å². The van der Waals surface area contributed by atoms with Crippen molar-refractivity contribution < 1.29 is 22.9 Å². The maximum atomic E-state index is 11.3. The molecule has 11 heteroatoms. The molecule has 1 amide bonds. The van der Waals surface area contributed by atoms with E-state index in [-0.39, 0.29) is 25.4 Å². The summed E-state index contributed by atoms with van der Waals surface area (Å²) in [4.78, 5) is 21.2. The number of amides is 1. The van der Waals surface area contributed by atoms with Crippen LogP contribution in [-0.4, -0.2) is 32.5 Å². The summed E-state index contributed by atoms with van der Waals surface area (Å²) >= 11 is 0. The Balaban J connectivity index is 2.47. The Morgan fingerprint density at radius 2 is 1.95 bits per heavy atom. The highest BCUT2D eigenvalue weighted by atomic mass is 32.2. The zero-order chi connectivity index (χ0) is 15.9. The first-order chi connectivity index (χ1) is 9.84. The van der Waals surface area contributed by atoms with E-state index in [1.807, 2.05) is 4.72 Å². The quantitative estimate of drug-likeness (QED) is 0.457. The lowest BCUT2D eigenvalue weighted by Gasteiger charge is -2.08. The molecule has 0 bridgehead atoms. The zero-order valence-corrected chi connectivity index (χ0v) is 11.6. The van der Waals surface area contributed by atoms with Crippen molar-refractivity contribution in [3.63, 3.8) is 0 Å². The Labute approximate surface area is 120 Å². The van der Waals surface area contributed by atoms with Crippen molar-refractivity contribution in [2.45, 2.75) is 6.61 Å². The van der Waals surface area contributed by atoms with E-state index in [0.29, 0.717) is 5.56 Å². The molecule has 0 spiro atoms. The molecular formula is C10H14N4O6S. The highest BCUT2D eigenvalue weighted by Gasteiger charge is 2.14. The number of benzene rings is 1. The van der Waals surface area contributed by atoms with E-state index in [2.05, 4.69) is 4.74 Å². The number of non-ortho nitro benzene ring substituents is 1. The number of nitrogens with two attached hydrogens (primary N) is 1. The predicted molar refractivity (Wildman–Crippen MR) is 72.4 cm³/mol. The topological polar surface area (TPSA) is 154 Å².